The van der Waals surface area contributed by atoms with Gasteiger partial charge in [-0.15, -0.1) is 0 Å². The quantitative estimate of drug-likeness (QED) is 0.612. The van der Waals surface area contributed by atoms with Crippen LogP contribution < -0.4 is 5.32 Å². The molecule has 1 aromatic rings. The van der Waals surface area contributed by atoms with E-state index in [1.165, 1.54) is 0 Å². The molecule has 0 saturated heterocycles. The van der Waals surface area contributed by atoms with Crippen molar-refractivity contribution < 1.29 is 10.2 Å². The second-order valence-electron chi connectivity index (χ2n) is 3.28. The van der Waals surface area contributed by atoms with Crippen LogP contribution in [0.4, 0.5) is 0 Å². The molecule has 0 radical (unpaired) electrons. The van der Waals surface area contributed by atoms with Crippen LogP contribution in [0.1, 0.15) is 11.3 Å². The Kier molecular flexibility index (Phi) is 4.52. The molecule has 3 N–H and O–H groups in total. The Hall–Kier alpha value is -0.970. The molecule has 0 aliphatic carbocycles. The molecular formula is C10H16N2O2. The van der Waals surface area contributed by atoms with Crippen LogP contribution >= 0.6 is 0 Å². The van der Waals surface area contributed by atoms with E-state index in [0.717, 1.165) is 11.3 Å². The van der Waals surface area contributed by atoms with Crippen LogP contribution in [0.15, 0.2) is 18.3 Å². The zero-order chi connectivity index (χ0) is 10.4. The third-order valence-corrected chi connectivity index (χ3v) is 1.89. The highest BCUT2D eigenvalue weighted by atomic mass is 16.3. The van der Waals surface area contributed by atoms with E-state index in [1.54, 1.807) is 6.20 Å². The van der Waals surface area contributed by atoms with Crippen molar-refractivity contribution in [3.05, 3.63) is 29.6 Å². The van der Waals surface area contributed by atoms with Gasteiger partial charge in [-0.05, 0) is 18.6 Å². The SMILES string of the molecule is Cc1ccc(CNC[C@H](O)CO)cn1. The molecular weight excluding hydrogens is 180 g/mol. The van der Waals surface area contributed by atoms with Gasteiger partial charge in [-0.1, -0.05) is 6.07 Å². The minimum Gasteiger partial charge on any atom is -0.394 e. The van der Waals surface area contributed by atoms with Gasteiger partial charge in [0.2, 0.25) is 0 Å². The maximum atomic E-state index is 9.05. The third-order valence-electron chi connectivity index (χ3n) is 1.89. The van der Waals surface area contributed by atoms with Gasteiger partial charge in [0.15, 0.2) is 0 Å². The van der Waals surface area contributed by atoms with E-state index < -0.39 is 6.10 Å². The molecule has 0 fully saturated rings. The molecule has 0 bridgehead atoms. The molecule has 0 saturated carbocycles. The van der Waals surface area contributed by atoms with Crippen molar-refractivity contribution in [2.75, 3.05) is 13.2 Å². The summed E-state index contributed by atoms with van der Waals surface area (Å²) in [5.41, 5.74) is 2.06. The van der Waals surface area contributed by atoms with Gasteiger partial charge >= 0.3 is 0 Å². The van der Waals surface area contributed by atoms with Crippen molar-refractivity contribution in [3.8, 4) is 0 Å². The van der Waals surface area contributed by atoms with Crippen molar-refractivity contribution in [1.82, 2.24) is 10.3 Å². The van der Waals surface area contributed by atoms with Gasteiger partial charge in [0.25, 0.3) is 0 Å². The number of aromatic nitrogens is 1. The van der Waals surface area contributed by atoms with Gasteiger partial charge in [-0.25, -0.2) is 0 Å². The fourth-order valence-corrected chi connectivity index (χ4v) is 1.05. The van der Waals surface area contributed by atoms with Crippen molar-refractivity contribution in [2.45, 2.75) is 19.6 Å². The number of nitrogens with zero attached hydrogens (tertiary/aromatic N) is 1. The Morgan fingerprint density at radius 2 is 2.29 bits per heavy atom. The Labute approximate surface area is 83.6 Å². The summed E-state index contributed by atoms with van der Waals surface area (Å²) in [5, 5.41) is 20.6. The van der Waals surface area contributed by atoms with E-state index in [1.807, 2.05) is 19.1 Å². The Morgan fingerprint density at radius 1 is 1.50 bits per heavy atom. The summed E-state index contributed by atoms with van der Waals surface area (Å²) in [6.45, 7) is 2.78. The molecule has 4 nitrogen and oxygen atoms in total. The molecule has 78 valence electrons. The molecule has 1 aromatic heterocycles. The van der Waals surface area contributed by atoms with Crippen LogP contribution in [0, 0.1) is 6.92 Å². The average Bonchev–Trinajstić information content (AvgIpc) is 2.21. The van der Waals surface area contributed by atoms with Crippen LogP contribution in [0.2, 0.25) is 0 Å². The van der Waals surface area contributed by atoms with Gasteiger partial charge in [0, 0.05) is 25.0 Å². The lowest BCUT2D eigenvalue weighted by atomic mass is 10.2. The van der Waals surface area contributed by atoms with Crippen LogP contribution in [0.5, 0.6) is 0 Å². The molecule has 1 rings (SSSR count). The Bertz CT molecular complexity index is 261. The number of aliphatic hydroxyl groups is 2. The minimum absolute atomic E-state index is 0.209. The van der Waals surface area contributed by atoms with Crippen molar-refractivity contribution in [2.24, 2.45) is 0 Å². The van der Waals surface area contributed by atoms with Gasteiger partial charge in [0.1, 0.15) is 0 Å². The predicted molar refractivity (Wildman–Crippen MR) is 53.8 cm³/mol. The molecule has 1 heterocycles. The first-order chi connectivity index (χ1) is 6.72. The standard InChI is InChI=1S/C10H16N2O2/c1-8-2-3-9(5-12-8)4-11-6-10(14)7-13/h2-3,5,10-11,13-14H,4,6-7H2,1H3/t10-/m0/s1. The fourth-order valence-electron chi connectivity index (χ4n) is 1.05. The van der Waals surface area contributed by atoms with Gasteiger partial charge in [-0.2, -0.15) is 0 Å². The number of nitrogens with one attached hydrogen (secondary N) is 1. The largest absolute Gasteiger partial charge is 0.394 e. The summed E-state index contributed by atoms with van der Waals surface area (Å²) in [6, 6.07) is 3.93. The minimum atomic E-state index is -0.687. The van der Waals surface area contributed by atoms with E-state index >= 15 is 0 Å². The fraction of sp³-hybridized carbons (Fsp3) is 0.500. The first-order valence-electron chi connectivity index (χ1n) is 4.63. The highest BCUT2D eigenvalue weighted by Crippen LogP contribution is 1.98. The van der Waals surface area contributed by atoms with E-state index in [-0.39, 0.29) is 6.61 Å². The van der Waals surface area contributed by atoms with Crippen LogP contribution in [-0.2, 0) is 6.54 Å². The number of rotatable bonds is 5. The van der Waals surface area contributed by atoms with Crippen LogP contribution in [0.25, 0.3) is 0 Å². The number of hydrogen-bond donors (Lipinski definition) is 3. The molecule has 0 aliphatic heterocycles. The van der Waals surface area contributed by atoms with Crippen LogP contribution in [0.3, 0.4) is 0 Å². The molecule has 4 heteroatoms. The van der Waals surface area contributed by atoms with Crippen LogP contribution in [-0.4, -0.2) is 34.5 Å². The second-order valence-corrected chi connectivity index (χ2v) is 3.28. The third kappa shape index (κ3) is 3.83. The van der Waals surface area contributed by atoms with E-state index in [0.29, 0.717) is 13.1 Å². The number of aryl methyl sites for hydroxylation is 1. The van der Waals surface area contributed by atoms with E-state index in [9.17, 15) is 0 Å². The van der Waals surface area contributed by atoms with Gasteiger partial charge in [0.05, 0.1) is 12.7 Å². The van der Waals surface area contributed by atoms with Gasteiger partial charge in [-0.3, -0.25) is 4.98 Å². The monoisotopic (exact) mass is 196 g/mol. The van der Waals surface area contributed by atoms with Crippen molar-refractivity contribution in [1.29, 1.82) is 0 Å². The summed E-state index contributed by atoms with van der Waals surface area (Å²) < 4.78 is 0. The maximum Gasteiger partial charge on any atom is 0.0895 e. The van der Waals surface area contributed by atoms with Crippen molar-refractivity contribution >= 4 is 0 Å². The number of hydrogen-bond acceptors (Lipinski definition) is 4. The summed E-state index contributed by atoms with van der Waals surface area (Å²) in [4.78, 5) is 4.15. The zero-order valence-electron chi connectivity index (χ0n) is 8.27. The summed E-state index contributed by atoms with van der Waals surface area (Å²) in [5.74, 6) is 0. The Morgan fingerprint density at radius 3 is 2.86 bits per heavy atom. The molecule has 0 aromatic carbocycles. The summed E-state index contributed by atoms with van der Waals surface area (Å²) in [7, 11) is 0. The first kappa shape index (κ1) is 11.1. The van der Waals surface area contributed by atoms with Crippen molar-refractivity contribution in [3.63, 3.8) is 0 Å². The average molecular weight is 196 g/mol. The predicted octanol–water partition coefficient (Wildman–Crippen LogP) is -0.167. The van der Waals surface area contributed by atoms with E-state index in [2.05, 4.69) is 10.3 Å². The maximum absolute atomic E-state index is 9.05. The normalized spacial score (nSPS) is 12.8. The molecule has 0 spiro atoms. The smallest absolute Gasteiger partial charge is 0.0895 e. The molecule has 14 heavy (non-hydrogen) atoms. The lowest BCUT2D eigenvalue weighted by molar-refractivity contribution is 0.0942. The Balaban J connectivity index is 2.28. The zero-order valence-corrected chi connectivity index (χ0v) is 8.27. The molecule has 0 unspecified atom stereocenters. The lowest BCUT2D eigenvalue weighted by Crippen LogP contribution is -2.28. The number of pyridine rings is 1. The molecule has 0 aliphatic rings. The summed E-state index contributed by atoms with van der Waals surface area (Å²) in [6.07, 6.45) is 1.11. The highest BCUT2D eigenvalue weighted by molar-refractivity contribution is 5.12. The topological polar surface area (TPSA) is 65.4 Å². The highest BCUT2D eigenvalue weighted by Gasteiger charge is 2.00. The molecule has 1 atom stereocenters. The summed E-state index contributed by atoms with van der Waals surface area (Å²) >= 11 is 0. The first-order valence-corrected chi connectivity index (χ1v) is 4.63. The van der Waals surface area contributed by atoms with E-state index in [4.69, 9.17) is 10.2 Å². The number of aliphatic hydroxyl groups excluding tert-OH is 2. The lowest BCUT2D eigenvalue weighted by Gasteiger charge is -2.08. The van der Waals surface area contributed by atoms with Gasteiger partial charge < -0.3 is 15.5 Å². The molecule has 0 amide bonds. The second kappa shape index (κ2) is 5.70.